The average Bonchev–Trinajstić information content (AvgIpc) is 2.85. The molecule has 90 valence electrons. The Balaban J connectivity index is 2.16. The fraction of sp³-hybridized carbons (Fsp3) is 0.300. The van der Waals surface area contributed by atoms with E-state index in [-0.39, 0.29) is 5.91 Å². The Hall–Kier alpha value is -1.63. The van der Waals surface area contributed by atoms with Gasteiger partial charge in [0.25, 0.3) is 5.91 Å². The summed E-state index contributed by atoms with van der Waals surface area (Å²) in [6.45, 7) is 2.68. The van der Waals surface area contributed by atoms with Crippen LogP contribution in [0.1, 0.15) is 17.4 Å². The molecule has 2 aromatic rings. The highest BCUT2D eigenvalue weighted by atomic mass is 79.9. The molecule has 0 aliphatic heterocycles. The topological polar surface area (TPSA) is 64.7 Å². The van der Waals surface area contributed by atoms with E-state index in [1.807, 2.05) is 6.92 Å². The van der Waals surface area contributed by atoms with Crippen molar-refractivity contribution in [2.45, 2.75) is 13.5 Å². The number of rotatable bonds is 3. The van der Waals surface area contributed by atoms with Crippen LogP contribution in [0.2, 0.25) is 0 Å². The molecular weight excluding hydrogens is 286 g/mol. The van der Waals surface area contributed by atoms with Crippen LogP contribution < -0.4 is 5.32 Å². The molecule has 2 aromatic heterocycles. The second kappa shape index (κ2) is 4.70. The third-order valence-electron chi connectivity index (χ3n) is 2.21. The highest BCUT2D eigenvalue weighted by Gasteiger charge is 2.15. The number of carbonyl (C=O) groups excluding carboxylic acids is 1. The molecule has 0 unspecified atom stereocenters. The lowest BCUT2D eigenvalue weighted by atomic mass is 10.4. The summed E-state index contributed by atoms with van der Waals surface area (Å²) < 4.78 is 3.99. The summed E-state index contributed by atoms with van der Waals surface area (Å²) in [7, 11) is 1.79. The molecular formula is C10H12BrN5O. The zero-order chi connectivity index (χ0) is 12.4. The number of hydrogen-bond acceptors (Lipinski definition) is 3. The third-order valence-corrected chi connectivity index (χ3v) is 2.79. The molecule has 1 amide bonds. The molecule has 0 aliphatic carbocycles. The van der Waals surface area contributed by atoms with E-state index in [1.165, 1.54) is 0 Å². The van der Waals surface area contributed by atoms with E-state index in [9.17, 15) is 4.79 Å². The van der Waals surface area contributed by atoms with E-state index in [1.54, 1.807) is 34.9 Å². The van der Waals surface area contributed by atoms with Crippen LogP contribution >= 0.6 is 15.9 Å². The van der Waals surface area contributed by atoms with Crippen molar-refractivity contribution in [3.63, 3.8) is 0 Å². The number of amides is 1. The molecule has 1 N–H and O–H groups in total. The Morgan fingerprint density at radius 3 is 2.82 bits per heavy atom. The Morgan fingerprint density at radius 2 is 2.29 bits per heavy atom. The molecule has 0 aliphatic rings. The molecule has 0 saturated heterocycles. The first-order chi connectivity index (χ1) is 8.10. The Kier molecular flexibility index (Phi) is 3.28. The van der Waals surface area contributed by atoms with Crippen molar-refractivity contribution in [2.24, 2.45) is 7.05 Å². The van der Waals surface area contributed by atoms with Crippen molar-refractivity contribution in [3.8, 4) is 0 Å². The van der Waals surface area contributed by atoms with E-state index in [0.717, 1.165) is 6.54 Å². The van der Waals surface area contributed by atoms with Gasteiger partial charge in [-0.25, -0.2) is 0 Å². The van der Waals surface area contributed by atoms with Crippen molar-refractivity contribution in [1.82, 2.24) is 19.6 Å². The number of hydrogen-bond donors (Lipinski definition) is 1. The van der Waals surface area contributed by atoms with Gasteiger partial charge in [0.15, 0.2) is 11.5 Å². The quantitative estimate of drug-likeness (QED) is 0.937. The zero-order valence-corrected chi connectivity index (χ0v) is 11.1. The standard InChI is InChI=1S/C10H12BrN5O/c1-3-16-6-7(11)9(14-16)10(17)12-8-4-5-15(2)13-8/h4-6H,3H2,1-2H3,(H,12,13,17). The molecule has 6 nitrogen and oxygen atoms in total. The first-order valence-corrected chi connectivity index (χ1v) is 5.93. The van der Waals surface area contributed by atoms with Crippen LogP contribution in [-0.2, 0) is 13.6 Å². The summed E-state index contributed by atoms with van der Waals surface area (Å²) in [6.07, 6.45) is 3.53. The van der Waals surface area contributed by atoms with Crippen molar-refractivity contribution in [3.05, 3.63) is 28.6 Å². The first-order valence-electron chi connectivity index (χ1n) is 5.14. The van der Waals surface area contributed by atoms with Crippen LogP contribution in [0, 0.1) is 0 Å². The van der Waals surface area contributed by atoms with Crippen LogP contribution in [0.15, 0.2) is 22.9 Å². The van der Waals surface area contributed by atoms with Crippen molar-refractivity contribution < 1.29 is 4.79 Å². The van der Waals surface area contributed by atoms with Crippen LogP contribution in [0.5, 0.6) is 0 Å². The average molecular weight is 298 g/mol. The van der Waals surface area contributed by atoms with Crippen LogP contribution in [0.4, 0.5) is 5.82 Å². The highest BCUT2D eigenvalue weighted by molar-refractivity contribution is 9.10. The van der Waals surface area contributed by atoms with Crippen molar-refractivity contribution in [2.75, 3.05) is 5.32 Å². The molecule has 0 fully saturated rings. The normalized spacial score (nSPS) is 10.5. The van der Waals surface area contributed by atoms with Crippen molar-refractivity contribution in [1.29, 1.82) is 0 Å². The minimum absolute atomic E-state index is 0.275. The number of nitrogens with zero attached hydrogens (tertiary/aromatic N) is 4. The maximum absolute atomic E-state index is 11.9. The summed E-state index contributed by atoms with van der Waals surface area (Å²) in [5, 5.41) is 10.9. The van der Waals surface area contributed by atoms with Gasteiger partial charge in [0, 0.05) is 32.1 Å². The monoisotopic (exact) mass is 297 g/mol. The molecule has 17 heavy (non-hydrogen) atoms. The molecule has 0 saturated carbocycles. The maximum Gasteiger partial charge on any atom is 0.278 e. The smallest absolute Gasteiger partial charge is 0.278 e. The van der Waals surface area contributed by atoms with Gasteiger partial charge in [0.05, 0.1) is 4.47 Å². The van der Waals surface area contributed by atoms with Crippen LogP contribution in [0.25, 0.3) is 0 Å². The molecule has 7 heteroatoms. The summed E-state index contributed by atoms with van der Waals surface area (Å²) in [5.41, 5.74) is 0.359. The lowest BCUT2D eigenvalue weighted by molar-refractivity contribution is 0.102. The summed E-state index contributed by atoms with van der Waals surface area (Å²) >= 11 is 3.31. The molecule has 0 atom stereocenters. The van der Waals surface area contributed by atoms with E-state index < -0.39 is 0 Å². The number of anilines is 1. The van der Waals surface area contributed by atoms with Crippen LogP contribution in [-0.4, -0.2) is 25.5 Å². The maximum atomic E-state index is 11.9. The van der Waals surface area contributed by atoms with E-state index in [0.29, 0.717) is 16.0 Å². The van der Waals surface area contributed by atoms with E-state index in [4.69, 9.17) is 0 Å². The van der Waals surface area contributed by atoms with E-state index >= 15 is 0 Å². The largest absolute Gasteiger partial charge is 0.304 e. The summed E-state index contributed by atoms with van der Waals surface area (Å²) in [6, 6.07) is 1.72. The predicted octanol–water partition coefficient (Wildman–Crippen LogP) is 1.65. The first kappa shape index (κ1) is 11.8. The zero-order valence-electron chi connectivity index (χ0n) is 9.51. The number of carbonyl (C=O) groups is 1. The van der Waals surface area contributed by atoms with Gasteiger partial charge in [-0.3, -0.25) is 14.2 Å². The van der Waals surface area contributed by atoms with Gasteiger partial charge in [-0.05, 0) is 22.9 Å². The summed E-state index contributed by atoms with van der Waals surface area (Å²) in [5.74, 6) is 0.234. The van der Waals surface area contributed by atoms with Crippen molar-refractivity contribution >= 4 is 27.7 Å². The highest BCUT2D eigenvalue weighted by Crippen LogP contribution is 2.16. The summed E-state index contributed by atoms with van der Waals surface area (Å²) in [4.78, 5) is 11.9. The van der Waals surface area contributed by atoms with Gasteiger partial charge in [-0.15, -0.1) is 0 Å². The van der Waals surface area contributed by atoms with E-state index in [2.05, 4.69) is 31.4 Å². The molecule has 0 bridgehead atoms. The fourth-order valence-corrected chi connectivity index (χ4v) is 1.87. The minimum atomic E-state index is -0.275. The number of halogens is 1. The van der Waals surface area contributed by atoms with Gasteiger partial charge < -0.3 is 5.32 Å². The second-order valence-corrected chi connectivity index (χ2v) is 4.36. The third kappa shape index (κ3) is 2.55. The van der Waals surface area contributed by atoms with Crippen LogP contribution in [0.3, 0.4) is 0 Å². The molecule has 0 aromatic carbocycles. The Morgan fingerprint density at radius 1 is 1.53 bits per heavy atom. The van der Waals surface area contributed by atoms with Gasteiger partial charge in [-0.2, -0.15) is 10.2 Å². The molecule has 2 heterocycles. The number of aromatic nitrogens is 4. The Bertz CT molecular complexity index is 545. The molecule has 2 rings (SSSR count). The number of nitrogens with one attached hydrogen (secondary N) is 1. The fourth-order valence-electron chi connectivity index (χ4n) is 1.37. The molecule has 0 radical (unpaired) electrons. The minimum Gasteiger partial charge on any atom is -0.304 e. The lowest BCUT2D eigenvalue weighted by Crippen LogP contribution is -2.14. The Labute approximate surface area is 107 Å². The van der Waals surface area contributed by atoms with Gasteiger partial charge in [0.2, 0.25) is 0 Å². The SMILES string of the molecule is CCn1cc(Br)c(C(=O)Nc2ccn(C)n2)n1. The number of aryl methyl sites for hydroxylation is 2. The van der Waals surface area contributed by atoms with Gasteiger partial charge >= 0.3 is 0 Å². The lowest BCUT2D eigenvalue weighted by Gasteiger charge is -1.98. The predicted molar refractivity (Wildman–Crippen MR) is 66.8 cm³/mol. The van der Waals surface area contributed by atoms with Gasteiger partial charge in [-0.1, -0.05) is 0 Å². The second-order valence-electron chi connectivity index (χ2n) is 3.51. The van der Waals surface area contributed by atoms with Gasteiger partial charge in [0.1, 0.15) is 0 Å². The molecule has 0 spiro atoms.